The fourth-order valence-corrected chi connectivity index (χ4v) is 4.30. The Labute approximate surface area is 182 Å². The van der Waals surface area contributed by atoms with Gasteiger partial charge in [-0.2, -0.15) is 0 Å². The van der Waals surface area contributed by atoms with Crippen molar-refractivity contribution in [3.63, 3.8) is 0 Å². The third-order valence-corrected chi connectivity index (χ3v) is 5.84. The Morgan fingerprint density at radius 1 is 1.07 bits per heavy atom. The van der Waals surface area contributed by atoms with Crippen LogP contribution in [0.3, 0.4) is 0 Å². The average Bonchev–Trinajstić information content (AvgIpc) is 3.01. The van der Waals surface area contributed by atoms with Crippen LogP contribution in [0, 0.1) is 19.3 Å². The van der Waals surface area contributed by atoms with E-state index in [-0.39, 0.29) is 5.41 Å². The molecule has 1 aromatic heterocycles. The fraction of sp³-hybridized carbons (Fsp3) is 0.280. The number of nitrogens with zero attached hydrogens (tertiary/aromatic N) is 2. The van der Waals surface area contributed by atoms with Crippen LogP contribution in [0.2, 0.25) is 5.02 Å². The van der Waals surface area contributed by atoms with Gasteiger partial charge in [0.2, 0.25) is 0 Å². The number of aryl methyl sites for hydroxylation is 2. The first kappa shape index (κ1) is 20.4. The number of hydrogen-bond donors (Lipinski definition) is 0. The van der Waals surface area contributed by atoms with E-state index in [1.165, 1.54) is 11.3 Å². The number of aromatic nitrogens is 1. The lowest BCUT2D eigenvalue weighted by Gasteiger charge is -2.31. The Hall–Kier alpha value is -2.85. The van der Waals surface area contributed by atoms with Crippen molar-refractivity contribution in [1.29, 1.82) is 0 Å². The van der Waals surface area contributed by atoms with Crippen molar-refractivity contribution in [2.24, 2.45) is 10.6 Å². The van der Waals surface area contributed by atoms with E-state index < -0.39 is 5.97 Å². The Bertz CT molecular complexity index is 1140. The second kappa shape index (κ2) is 7.77. The van der Waals surface area contributed by atoms with Crippen molar-refractivity contribution in [3.05, 3.63) is 87.7 Å². The summed E-state index contributed by atoms with van der Waals surface area (Å²) in [5, 5.41) is 4.65. The monoisotopic (exact) mass is 420 g/mol. The molecule has 2 aromatic carbocycles. The molecule has 1 heterocycles. The maximum absolute atomic E-state index is 12.5. The van der Waals surface area contributed by atoms with E-state index in [2.05, 4.69) is 67.7 Å². The third kappa shape index (κ3) is 3.92. The van der Waals surface area contributed by atoms with Gasteiger partial charge in [-0.1, -0.05) is 60.4 Å². The van der Waals surface area contributed by atoms with Crippen LogP contribution in [-0.2, 0) is 11.3 Å². The molecule has 0 atom stereocenters. The zero-order valence-electron chi connectivity index (χ0n) is 17.7. The smallest absolute Gasteiger partial charge is 0.318 e. The van der Waals surface area contributed by atoms with E-state index >= 15 is 0 Å². The first-order valence-corrected chi connectivity index (χ1v) is 10.4. The maximum Gasteiger partial charge on any atom is 0.367 e. The highest BCUT2D eigenvalue weighted by molar-refractivity contribution is 6.33. The summed E-state index contributed by atoms with van der Waals surface area (Å²) in [6.07, 6.45) is 1.65. The first-order valence-electron chi connectivity index (χ1n) is 10.1. The van der Waals surface area contributed by atoms with Crippen LogP contribution < -0.4 is 0 Å². The minimum absolute atomic E-state index is 0.00409. The van der Waals surface area contributed by atoms with Gasteiger partial charge >= 0.3 is 5.97 Å². The molecule has 5 heteroatoms. The summed E-state index contributed by atoms with van der Waals surface area (Å²) in [5.74, 6) is -0.548. The van der Waals surface area contributed by atoms with Gasteiger partial charge in [-0.05, 0) is 62.4 Å². The number of carbonyl (C=O) groups is 1. The summed E-state index contributed by atoms with van der Waals surface area (Å²) in [4.78, 5) is 17.8. The Morgan fingerprint density at radius 3 is 2.47 bits per heavy atom. The lowest BCUT2D eigenvalue weighted by molar-refractivity contribution is 0.0514. The number of oxime groups is 1. The number of fused-ring (bicyclic) bond motifs is 1. The summed E-state index contributed by atoms with van der Waals surface area (Å²) in [5.41, 5.74) is 6.82. The molecule has 4 rings (SSSR count). The largest absolute Gasteiger partial charge is 0.367 e. The molecular formula is C25H25ClN2O2. The fourth-order valence-electron chi connectivity index (χ4n) is 4.09. The predicted octanol–water partition coefficient (Wildman–Crippen LogP) is 6.28. The van der Waals surface area contributed by atoms with Crippen LogP contribution in [0.4, 0.5) is 0 Å². The Morgan fingerprint density at radius 2 is 1.77 bits per heavy atom. The maximum atomic E-state index is 12.5. The van der Waals surface area contributed by atoms with Gasteiger partial charge in [-0.15, -0.1) is 0 Å². The molecule has 0 bridgehead atoms. The molecule has 0 N–H and O–H groups in total. The molecule has 0 aliphatic heterocycles. The summed E-state index contributed by atoms with van der Waals surface area (Å²) in [6, 6.07) is 17.5. The lowest BCUT2D eigenvalue weighted by Crippen LogP contribution is -2.28. The second-order valence-corrected chi connectivity index (χ2v) is 9.14. The van der Waals surface area contributed by atoms with E-state index in [1.807, 2.05) is 0 Å². The molecule has 4 nitrogen and oxygen atoms in total. The van der Waals surface area contributed by atoms with Crippen molar-refractivity contribution in [1.82, 2.24) is 4.57 Å². The van der Waals surface area contributed by atoms with Crippen molar-refractivity contribution in [2.75, 3.05) is 0 Å². The summed E-state index contributed by atoms with van der Waals surface area (Å²) in [7, 11) is 0. The van der Waals surface area contributed by atoms with Crippen molar-refractivity contribution >= 4 is 23.3 Å². The number of carbonyl (C=O) groups excluding carboxylic acids is 1. The molecule has 3 aromatic rings. The highest BCUT2D eigenvalue weighted by Gasteiger charge is 2.33. The standard InChI is InChI=1S/C25H25ClN2O2/c1-16-9-11-18(12-10-16)28-17(2)13-20-22(14-25(3,4)15-23(20)28)27-30-24(29)19-7-5-6-8-21(19)26/h5-13H,14-15H2,1-4H3/b27-22+. The minimum atomic E-state index is -0.548. The normalized spacial score (nSPS) is 16.4. The Balaban J connectivity index is 1.73. The zero-order chi connectivity index (χ0) is 21.5. The molecule has 1 aliphatic carbocycles. The van der Waals surface area contributed by atoms with Crippen LogP contribution in [0.15, 0.2) is 59.8 Å². The van der Waals surface area contributed by atoms with Crippen LogP contribution in [0.1, 0.15) is 53.1 Å². The van der Waals surface area contributed by atoms with E-state index in [0.29, 0.717) is 10.6 Å². The third-order valence-electron chi connectivity index (χ3n) is 5.51. The molecule has 154 valence electrons. The van der Waals surface area contributed by atoms with Gasteiger partial charge in [0, 0.05) is 22.6 Å². The number of hydrogen-bond acceptors (Lipinski definition) is 3. The van der Waals surface area contributed by atoms with Crippen LogP contribution >= 0.6 is 11.6 Å². The summed E-state index contributed by atoms with van der Waals surface area (Å²) < 4.78 is 2.28. The second-order valence-electron chi connectivity index (χ2n) is 8.73. The number of benzene rings is 2. The van der Waals surface area contributed by atoms with Gasteiger partial charge in [-0.25, -0.2) is 4.79 Å². The van der Waals surface area contributed by atoms with Gasteiger partial charge in [0.25, 0.3) is 0 Å². The van der Waals surface area contributed by atoms with Crippen molar-refractivity contribution in [3.8, 4) is 5.69 Å². The van der Waals surface area contributed by atoms with E-state index in [9.17, 15) is 4.79 Å². The van der Waals surface area contributed by atoms with Crippen LogP contribution in [-0.4, -0.2) is 16.2 Å². The molecule has 0 amide bonds. The number of rotatable bonds is 3. The van der Waals surface area contributed by atoms with Gasteiger partial charge in [0.1, 0.15) is 0 Å². The molecular weight excluding hydrogens is 396 g/mol. The minimum Gasteiger partial charge on any atom is -0.318 e. The Kier molecular flexibility index (Phi) is 5.29. The van der Waals surface area contributed by atoms with Gasteiger partial charge in [0.15, 0.2) is 0 Å². The van der Waals surface area contributed by atoms with Crippen molar-refractivity contribution < 1.29 is 9.63 Å². The van der Waals surface area contributed by atoms with E-state index in [1.54, 1.807) is 24.3 Å². The summed E-state index contributed by atoms with van der Waals surface area (Å²) >= 11 is 6.12. The molecule has 0 spiro atoms. The molecule has 0 saturated carbocycles. The average molecular weight is 421 g/mol. The van der Waals surface area contributed by atoms with Crippen molar-refractivity contribution in [2.45, 2.75) is 40.5 Å². The molecule has 0 saturated heterocycles. The molecule has 30 heavy (non-hydrogen) atoms. The molecule has 0 unspecified atom stereocenters. The quantitative estimate of drug-likeness (QED) is 0.369. The molecule has 1 aliphatic rings. The highest BCUT2D eigenvalue weighted by Crippen LogP contribution is 2.38. The van der Waals surface area contributed by atoms with Gasteiger partial charge < -0.3 is 9.40 Å². The van der Waals surface area contributed by atoms with E-state index in [4.69, 9.17) is 16.4 Å². The zero-order valence-corrected chi connectivity index (χ0v) is 18.5. The first-order chi connectivity index (χ1) is 14.2. The lowest BCUT2D eigenvalue weighted by atomic mass is 9.76. The molecule has 0 fully saturated rings. The van der Waals surface area contributed by atoms with E-state index in [0.717, 1.165) is 35.5 Å². The molecule has 0 radical (unpaired) electrons. The predicted molar refractivity (Wildman–Crippen MR) is 121 cm³/mol. The highest BCUT2D eigenvalue weighted by atomic mass is 35.5. The van der Waals surface area contributed by atoms with Crippen LogP contribution in [0.5, 0.6) is 0 Å². The summed E-state index contributed by atoms with van der Waals surface area (Å²) in [6.45, 7) is 8.61. The number of halogens is 1. The van der Waals surface area contributed by atoms with Gasteiger partial charge in [0.05, 0.1) is 16.3 Å². The van der Waals surface area contributed by atoms with Crippen LogP contribution in [0.25, 0.3) is 5.69 Å². The van der Waals surface area contributed by atoms with Gasteiger partial charge in [-0.3, -0.25) is 0 Å². The SMILES string of the molecule is Cc1ccc(-n2c(C)cc3c2CC(C)(C)C/C3=N\OC(=O)c2ccccc2Cl)cc1. The topological polar surface area (TPSA) is 43.6 Å².